The third-order valence-electron chi connectivity index (χ3n) is 5.63. The zero-order chi connectivity index (χ0) is 22.8. The molecule has 0 unspecified atom stereocenters. The van der Waals surface area contributed by atoms with E-state index >= 15 is 0 Å². The molecular weight excluding hydrogens is 434 g/mol. The van der Waals surface area contributed by atoms with Gasteiger partial charge in [0.05, 0.1) is 28.6 Å². The molecule has 0 spiro atoms. The summed E-state index contributed by atoms with van der Waals surface area (Å²) in [6.07, 6.45) is 0. The summed E-state index contributed by atoms with van der Waals surface area (Å²) in [5.41, 5.74) is 3.54. The summed E-state index contributed by atoms with van der Waals surface area (Å²) in [5.74, 6) is 1.40. The smallest absolute Gasteiger partial charge is 0.257 e. The molecule has 0 saturated carbocycles. The Morgan fingerprint density at radius 1 is 1.18 bits per heavy atom. The lowest BCUT2D eigenvalue weighted by molar-refractivity contribution is 0.102. The van der Waals surface area contributed by atoms with Crippen LogP contribution in [0.3, 0.4) is 0 Å². The van der Waals surface area contributed by atoms with Crippen LogP contribution >= 0.6 is 11.3 Å². The van der Waals surface area contributed by atoms with Gasteiger partial charge in [-0.3, -0.25) is 10.1 Å². The fourth-order valence-corrected chi connectivity index (χ4v) is 4.84. The molecule has 3 aromatic carbocycles. The highest BCUT2D eigenvalue weighted by Gasteiger charge is 2.26. The molecule has 0 saturated heterocycles. The normalized spacial score (nSPS) is 15.1. The second-order valence-corrected chi connectivity index (χ2v) is 9.02. The molecule has 1 aliphatic rings. The van der Waals surface area contributed by atoms with Gasteiger partial charge in [-0.25, -0.2) is 4.98 Å². The van der Waals surface area contributed by atoms with Crippen LogP contribution in [0, 0.1) is 0 Å². The minimum atomic E-state index is -0.195. The Bertz CT molecular complexity index is 1290. The molecule has 0 bridgehead atoms. The monoisotopic (exact) mass is 459 g/mol. The van der Waals surface area contributed by atoms with Gasteiger partial charge in [0.15, 0.2) is 5.13 Å². The van der Waals surface area contributed by atoms with Gasteiger partial charge in [-0.1, -0.05) is 41.7 Å². The van der Waals surface area contributed by atoms with Crippen molar-refractivity contribution in [3.8, 4) is 11.5 Å². The average Bonchev–Trinajstić information content (AvgIpc) is 3.23. The number of hydrogen-bond donors (Lipinski definition) is 1. The third-order valence-corrected chi connectivity index (χ3v) is 6.56. The van der Waals surface area contributed by atoms with Crippen molar-refractivity contribution in [3.63, 3.8) is 0 Å². The van der Waals surface area contributed by atoms with E-state index in [0.717, 1.165) is 33.9 Å². The zero-order valence-corrected chi connectivity index (χ0v) is 19.4. The van der Waals surface area contributed by atoms with Crippen LogP contribution in [0.1, 0.15) is 29.8 Å². The quantitative estimate of drug-likeness (QED) is 0.399. The fraction of sp³-hybridized carbons (Fsp3) is 0.231. The minimum Gasteiger partial charge on any atom is -0.494 e. The summed E-state index contributed by atoms with van der Waals surface area (Å²) >= 11 is 1.43. The largest absolute Gasteiger partial charge is 0.494 e. The van der Waals surface area contributed by atoms with E-state index in [1.807, 2.05) is 55.5 Å². The number of carbonyl (C=O) groups is 1. The van der Waals surface area contributed by atoms with E-state index in [1.165, 1.54) is 16.9 Å². The van der Waals surface area contributed by atoms with E-state index in [2.05, 4.69) is 34.3 Å². The molecule has 1 N–H and O–H groups in total. The van der Waals surface area contributed by atoms with Gasteiger partial charge in [-0.15, -0.1) is 0 Å². The van der Waals surface area contributed by atoms with Crippen LogP contribution in [-0.4, -0.2) is 30.1 Å². The Kier molecular flexibility index (Phi) is 5.88. The standard InChI is InChI=1S/C26H25N3O3S/c1-3-31-20-10-11-21-24(14-20)33-26(27-21)28-25(30)19-9-12-23-22(13-19)29(17(2)16-32-23)15-18-7-5-4-6-8-18/h4-14,17H,3,15-16H2,1-2H3,(H,27,28,30)/t17-/m1/s1. The molecule has 1 atom stereocenters. The number of fused-ring (bicyclic) bond motifs is 2. The Balaban J connectivity index is 1.38. The maximum atomic E-state index is 13.1. The van der Waals surface area contributed by atoms with Gasteiger partial charge < -0.3 is 14.4 Å². The summed E-state index contributed by atoms with van der Waals surface area (Å²) in [6.45, 7) is 6.06. The molecule has 168 valence electrons. The molecule has 0 fully saturated rings. The number of anilines is 2. The maximum Gasteiger partial charge on any atom is 0.257 e. The van der Waals surface area contributed by atoms with Crippen molar-refractivity contribution in [1.82, 2.24) is 4.98 Å². The molecule has 1 aromatic heterocycles. The van der Waals surface area contributed by atoms with Crippen LogP contribution in [0.4, 0.5) is 10.8 Å². The highest BCUT2D eigenvalue weighted by Crippen LogP contribution is 2.36. The number of amides is 1. The molecule has 0 aliphatic carbocycles. The Morgan fingerprint density at radius 2 is 2.03 bits per heavy atom. The third kappa shape index (κ3) is 4.50. The van der Waals surface area contributed by atoms with Crippen LogP contribution in [0.5, 0.6) is 11.5 Å². The maximum absolute atomic E-state index is 13.1. The van der Waals surface area contributed by atoms with Crippen molar-refractivity contribution in [3.05, 3.63) is 77.9 Å². The molecule has 0 radical (unpaired) electrons. The van der Waals surface area contributed by atoms with Gasteiger partial charge in [0.2, 0.25) is 0 Å². The lowest BCUT2D eigenvalue weighted by Gasteiger charge is -2.37. The Morgan fingerprint density at radius 3 is 2.85 bits per heavy atom. The highest BCUT2D eigenvalue weighted by molar-refractivity contribution is 7.22. The Labute approximate surface area is 196 Å². The molecule has 4 aromatic rings. The van der Waals surface area contributed by atoms with Crippen LogP contribution in [0.2, 0.25) is 0 Å². The second kappa shape index (κ2) is 9.11. The van der Waals surface area contributed by atoms with Crippen molar-refractivity contribution in [2.24, 2.45) is 0 Å². The SMILES string of the molecule is CCOc1ccc2nc(NC(=O)c3ccc4c(c3)N(Cc3ccccc3)[C@H](C)CO4)sc2c1. The number of ether oxygens (including phenoxy) is 2. The number of thiazole rings is 1. The van der Waals surface area contributed by atoms with Gasteiger partial charge in [0, 0.05) is 12.1 Å². The molecule has 1 amide bonds. The van der Waals surface area contributed by atoms with Gasteiger partial charge in [-0.05, 0) is 55.8 Å². The predicted octanol–water partition coefficient (Wildman–Crippen LogP) is 5.73. The van der Waals surface area contributed by atoms with Gasteiger partial charge in [0.1, 0.15) is 18.1 Å². The van der Waals surface area contributed by atoms with E-state index in [9.17, 15) is 4.79 Å². The van der Waals surface area contributed by atoms with Crippen LogP contribution in [0.15, 0.2) is 66.7 Å². The van der Waals surface area contributed by atoms with E-state index < -0.39 is 0 Å². The molecule has 1 aliphatic heterocycles. The number of nitrogens with zero attached hydrogens (tertiary/aromatic N) is 2. The van der Waals surface area contributed by atoms with E-state index in [0.29, 0.717) is 23.9 Å². The van der Waals surface area contributed by atoms with E-state index in [1.54, 1.807) is 6.07 Å². The number of rotatable bonds is 6. The molecule has 6 nitrogen and oxygen atoms in total. The molecule has 2 heterocycles. The number of carbonyl (C=O) groups excluding carboxylic acids is 1. The van der Waals surface area contributed by atoms with Crippen molar-refractivity contribution >= 4 is 38.3 Å². The number of benzene rings is 3. The van der Waals surface area contributed by atoms with Gasteiger partial charge >= 0.3 is 0 Å². The van der Waals surface area contributed by atoms with Crippen molar-refractivity contribution in [2.45, 2.75) is 26.4 Å². The molecule has 7 heteroatoms. The summed E-state index contributed by atoms with van der Waals surface area (Å²) in [7, 11) is 0. The van der Waals surface area contributed by atoms with Crippen LogP contribution in [0.25, 0.3) is 10.2 Å². The lowest BCUT2D eigenvalue weighted by Crippen LogP contribution is -2.40. The zero-order valence-electron chi connectivity index (χ0n) is 18.6. The fourth-order valence-electron chi connectivity index (χ4n) is 3.95. The first-order valence-corrected chi connectivity index (χ1v) is 11.8. The average molecular weight is 460 g/mol. The van der Waals surface area contributed by atoms with Crippen molar-refractivity contribution in [2.75, 3.05) is 23.4 Å². The summed E-state index contributed by atoms with van der Waals surface area (Å²) < 4.78 is 12.5. The van der Waals surface area contributed by atoms with E-state index in [4.69, 9.17) is 9.47 Å². The predicted molar refractivity (Wildman–Crippen MR) is 133 cm³/mol. The highest BCUT2D eigenvalue weighted by atomic mass is 32.1. The summed E-state index contributed by atoms with van der Waals surface area (Å²) in [4.78, 5) is 19.9. The van der Waals surface area contributed by atoms with Gasteiger partial charge in [0.25, 0.3) is 5.91 Å². The van der Waals surface area contributed by atoms with Crippen LogP contribution in [-0.2, 0) is 6.54 Å². The first kappa shape index (κ1) is 21.3. The number of hydrogen-bond acceptors (Lipinski definition) is 6. The molecule has 33 heavy (non-hydrogen) atoms. The first-order chi connectivity index (χ1) is 16.1. The minimum absolute atomic E-state index is 0.194. The van der Waals surface area contributed by atoms with E-state index in [-0.39, 0.29) is 11.9 Å². The Hall–Kier alpha value is -3.58. The molecular formula is C26H25N3O3S. The summed E-state index contributed by atoms with van der Waals surface area (Å²) in [5, 5.41) is 3.51. The van der Waals surface area contributed by atoms with Gasteiger partial charge in [-0.2, -0.15) is 0 Å². The summed E-state index contributed by atoms with van der Waals surface area (Å²) in [6, 6.07) is 21.9. The first-order valence-electron chi connectivity index (χ1n) is 11.0. The van der Waals surface area contributed by atoms with Crippen LogP contribution < -0.4 is 19.7 Å². The number of aromatic nitrogens is 1. The van der Waals surface area contributed by atoms with Crippen molar-refractivity contribution < 1.29 is 14.3 Å². The molecule has 5 rings (SSSR count). The second-order valence-electron chi connectivity index (χ2n) is 7.99. The lowest BCUT2D eigenvalue weighted by atomic mass is 10.1. The number of nitrogens with one attached hydrogen (secondary N) is 1. The van der Waals surface area contributed by atoms with Crippen molar-refractivity contribution in [1.29, 1.82) is 0 Å². The topological polar surface area (TPSA) is 63.7 Å².